The van der Waals surface area contributed by atoms with E-state index >= 15 is 0 Å². The van der Waals surface area contributed by atoms with Crippen LogP contribution in [0.1, 0.15) is 6.92 Å². The Morgan fingerprint density at radius 1 is 1.46 bits per heavy atom. The number of hydrogen-bond donors (Lipinski definition) is 0. The number of alkyl halides is 4. The smallest absolute Gasteiger partial charge is 0.302 e. The van der Waals surface area contributed by atoms with Crippen molar-refractivity contribution in [1.82, 2.24) is 4.90 Å². The third kappa shape index (κ3) is 7.46. The maximum atomic E-state index is 11.7. The molecule has 0 spiro atoms. The van der Waals surface area contributed by atoms with Crippen molar-refractivity contribution in [1.29, 1.82) is 0 Å². The molecule has 6 heteroatoms. The summed E-state index contributed by atoms with van der Waals surface area (Å²) in [4.78, 5) is 1.81. The molecule has 0 heterocycles. The lowest BCUT2D eigenvalue weighted by molar-refractivity contribution is -0.0328. The van der Waals surface area contributed by atoms with Crippen LogP contribution >= 0.6 is 23.4 Å². The van der Waals surface area contributed by atoms with Gasteiger partial charge in [0.25, 0.3) is 0 Å². The summed E-state index contributed by atoms with van der Waals surface area (Å²) in [5.74, 6) is 0.494. The van der Waals surface area contributed by atoms with Crippen molar-refractivity contribution >= 4 is 23.4 Å². The van der Waals surface area contributed by atoms with Gasteiger partial charge < -0.3 is 4.90 Å². The lowest BCUT2D eigenvalue weighted by atomic mass is 10.3. The van der Waals surface area contributed by atoms with Gasteiger partial charge in [0.1, 0.15) is 0 Å². The molecule has 13 heavy (non-hydrogen) atoms. The highest BCUT2D eigenvalue weighted by atomic mass is 35.5. The average molecular weight is 236 g/mol. The van der Waals surface area contributed by atoms with E-state index in [1.54, 1.807) is 7.05 Å². The highest BCUT2D eigenvalue weighted by Gasteiger charge is 2.27. The molecule has 0 saturated heterocycles. The standard InChI is InChI=1S/C7H13ClF3NS/c1-6(5-8)12(2)3-4-13-7(9,10)11/h6H,3-5H2,1-2H3. The molecule has 80 valence electrons. The van der Waals surface area contributed by atoms with Crippen LogP contribution in [0, 0.1) is 0 Å². The quantitative estimate of drug-likeness (QED) is 0.675. The summed E-state index contributed by atoms with van der Waals surface area (Å²) in [5.41, 5.74) is -4.12. The van der Waals surface area contributed by atoms with Crippen LogP contribution < -0.4 is 0 Å². The molecule has 0 N–H and O–H groups in total. The highest BCUT2D eigenvalue weighted by Crippen LogP contribution is 2.29. The Morgan fingerprint density at radius 2 is 2.00 bits per heavy atom. The summed E-state index contributed by atoms with van der Waals surface area (Å²) in [7, 11) is 1.77. The maximum absolute atomic E-state index is 11.7. The normalized spacial score (nSPS) is 15.0. The fourth-order valence-corrected chi connectivity index (χ4v) is 1.49. The third-order valence-electron chi connectivity index (χ3n) is 1.69. The van der Waals surface area contributed by atoms with E-state index in [0.29, 0.717) is 12.4 Å². The molecule has 0 aromatic heterocycles. The number of rotatable bonds is 5. The molecule has 0 aliphatic heterocycles. The predicted molar refractivity (Wildman–Crippen MR) is 51.3 cm³/mol. The Morgan fingerprint density at radius 3 is 2.38 bits per heavy atom. The minimum atomic E-state index is -4.12. The number of halogens is 4. The molecule has 0 rings (SSSR count). The van der Waals surface area contributed by atoms with Gasteiger partial charge in [0, 0.05) is 24.2 Å². The molecule has 1 atom stereocenters. The van der Waals surface area contributed by atoms with E-state index in [-0.39, 0.29) is 23.6 Å². The first kappa shape index (κ1) is 13.4. The number of hydrogen-bond acceptors (Lipinski definition) is 2. The van der Waals surface area contributed by atoms with E-state index in [2.05, 4.69) is 0 Å². The van der Waals surface area contributed by atoms with E-state index < -0.39 is 5.51 Å². The van der Waals surface area contributed by atoms with Gasteiger partial charge in [0.05, 0.1) is 0 Å². The first-order chi connectivity index (χ1) is 5.87. The van der Waals surface area contributed by atoms with Gasteiger partial charge in [-0.1, -0.05) is 0 Å². The van der Waals surface area contributed by atoms with Gasteiger partial charge in [-0.15, -0.1) is 11.6 Å². The molecule has 0 amide bonds. The molecular formula is C7H13ClF3NS. The van der Waals surface area contributed by atoms with Gasteiger partial charge >= 0.3 is 5.51 Å². The molecule has 0 fully saturated rings. The van der Waals surface area contributed by atoms with E-state index in [9.17, 15) is 13.2 Å². The molecule has 0 aromatic rings. The molecule has 0 aromatic carbocycles. The third-order valence-corrected chi connectivity index (χ3v) is 2.85. The van der Waals surface area contributed by atoms with Gasteiger partial charge in [-0.3, -0.25) is 0 Å². The summed E-state index contributed by atoms with van der Waals surface area (Å²) in [6.45, 7) is 2.28. The summed E-state index contributed by atoms with van der Waals surface area (Å²) < 4.78 is 35.1. The zero-order valence-electron chi connectivity index (χ0n) is 7.57. The van der Waals surface area contributed by atoms with Crippen LogP contribution in [0.15, 0.2) is 0 Å². The summed E-state index contributed by atoms with van der Waals surface area (Å²) >= 11 is 5.55. The van der Waals surface area contributed by atoms with Crippen LogP contribution in [0.2, 0.25) is 0 Å². The summed E-state index contributed by atoms with van der Waals surface area (Å²) in [5, 5.41) is 0. The maximum Gasteiger partial charge on any atom is 0.441 e. The monoisotopic (exact) mass is 235 g/mol. The fraction of sp³-hybridized carbons (Fsp3) is 1.00. The SMILES string of the molecule is CC(CCl)N(C)CCSC(F)(F)F. The molecule has 1 unspecified atom stereocenters. The van der Waals surface area contributed by atoms with Crippen molar-refractivity contribution in [3.63, 3.8) is 0 Å². The molecule has 1 nitrogen and oxygen atoms in total. The van der Waals surface area contributed by atoms with Gasteiger partial charge in [-0.05, 0) is 25.7 Å². The minimum Gasteiger partial charge on any atom is -0.302 e. The Bertz CT molecular complexity index is 142. The molecule has 0 saturated carbocycles. The average Bonchev–Trinajstić information content (AvgIpc) is 2.00. The largest absolute Gasteiger partial charge is 0.441 e. The van der Waals surface area contributed by atoms with Crippen LogP contribution in [0.5, 0.6) is 0 Å². The summed E-state index contributed by atoms with van der Waals surface area (Å²) in [6, 6.07) is 0.121. The van der Waals surface area contributed by atoms with Crippen LogP contribution in [-0.4, -0.2) is 41.7 Å². The van der Waals surface area contributed by atoms with Crippen LogP contribution in [-0.2, 0) is 0 Å². The Hall–Kier alpha value is 0.390. The van der Waals surface area contributed by atoms with E-state index in [1.165, 1.54) is 0 Å². The zero-order chi connectivity index (χ0) is 10.5. The van der Waals surface area contributed by atoms with Crippen LogP contribution in [0.25, 0.3) is 0 Å². The molecule has 0 bridgehead atoms. The van der Waals surface area contributed by atoms with Gasteiger partial charge in [-0.25, -0.2) is 0 Å². The molecule has 0 radical (unpaired) electrons. The highest BCUT2D eigenvalue weighted by molar-refractivity contribution is 8.00. The van der Waals surface area contributed by atoms with Crippen molar-refractivity contribution < 1.29 is 13.2 Å². The van der Waals surface area contributed by atoms with Crippen LogP contribution in [0.4, 0.5) is 13.2 Å². The lowest BCUT2D eigenvalue weighted by Gasteiger charge is -2.22. The molecule has 0 aliphatic carbocycles. The van der Waals surface area contributed by atoms with Crippen molar-refractivity contribution in [3.05, 3.63) is 0 Å². The lowest BCUT2D eigenvalue weighted by Crippen LogP contribution is -2.32. The first-order valence-electron chi connectivity index (χ1n) is 3.83. The minimum absolute atomic E-state index is 0.00504. The Kier molecular flexibility index (Phi) is 6.16. The number of thioether (sulfide) groups is 1. The van der Waals surface area contributed by atoms with E-state index in [4.69, 9.17) is 11.6 Å². The van der Waals surface area contributed by atoms with Gasteiger partial charge in [0.15, 0.2) is 0 Å². The van der Waals surface area contributed by atoms with Gasteiger partial charge in [0.2, 0.25) is 0 Å². The number of nitrogens with zero attached hydrogens (tertiary/aromatic N) is 1. The van der Waals surface area contributed by atoms with Crippen molar-refractivity contribution in [2.75, 3.05) is 25.2 Å². The predicted octanol–water partition coefficient (Wildman–Crippen LogP) is 2.80. The first-order valence-corrected chi connectivity index (χ1v) is 5.35. The van der Waals surface area contributed by atoms with Crippen molar-refractivity contribution in [2.24, 2.45) is 0 Å². The fourth-order valence-electron chi connectivity index (χ4n) is 0.644. The van der Waals surface area contributed by atoms with E-state index in [0.717, 1.165) is 0 Å². The topological polar surface area (TPSA) is 3.24 Å². The second-order valence-electron chi connectivity index (χ2n) is 2.78. The van der Waals surface area contributed by atoms with E-state index in [1.807, 2.05) is 11.8 Å². The molecular weight excluding hydrogens is 223 g/mol. The Balaban J connectivity index is 3.53. The van der Waals surface area contributed by atoms with Crippen molar-refractivity contribution in [3.8, 4) is 0 Å². The zero-order valence-corrected chi connectivity index (χ0v) is 9.14. The second-order valence-corrected chi connectivity index (χ2v) is 4.25. The summed E-state index contributed by atoms with van der Waals surface area (Å²) in [6.07, 6.45) is 0. The van der Waals surface area contributed by atoms with Crippen LogP contribution in [0.3, 0.4) is 0 Å². The Labute approximate surface area is 85.6 Å². The second kappa shape index (κ2) is 5.98. The molecule has 0 aliphatic rings. The van der Waals surface area contributed by atoms with Gasteiger partial charge in [-0.2, -0.15) is 13.2 Å². The van der Waals surface area contributed by atoms with Crippen molar-refractivity contribution in [2.45, 2.75) is 18.5 Å².